The quantitative estimate of drug-likeness (QED) is 0.769. The lowest BCUT2D eigenvalue weighted by Gasteiger charge is -2.34. The van der Waals surface area contributed by atoms with Crippen molar-refractivity contribution >= 4 is 17.0 Å². The molecule has 0 amide bonds. The minimum atomic E-state index is 0.286. The number of hydrogen-bond donors (Lipinski definition) is 2. The van der Waals surface area contributed by atoms with Gasteiger partial charge < -0.3 is 15.3 Å². The van der Waals surface area contributed by atoms with E-state index in [1.807, 2.05) is 0 Å². The predicted octanol–water partition coefficient (Wildman–Crippen LogP) is 1.69. The molecular weight excluding hydrogens is 220 g/mol. The SMILES string of the molecule is OCCCNC1CCCN(c2ccsc2)C1. The summed E-state index contributed by atoms with van der Waals surface area (Å²) in [6.07, 6.45) is 3.37. The molecule has 4 heteroatoms. The topological polar surface area (TPSA) is 35.5 Å². The van der Waals surface area contributed by atoms with Gasteiger partial charge in [-0.1, -0.05) is 0 Å². The fraction of sp³-hybridized carbons (Fsp3) is 0.667. The Balaban J connectivity index is 1.80. The first-order chi connectivity index (χ1) is 7.90. The van der Waals surface area contributed by atoms with Crippen molar-refractivity contribution in [2.45, 2.75) is 25.3 Å². The minimum absolute atomic E-state index is 0.286. The van der Waals surface area contributed by atoms with Crippen LogP contribution in [0.25, 0.3) is 0 Å². The van der Waals surface area contributed by atoms with Crippen LogP contribution in [0.3, 0.4) is 0 Å². The number of aliphatic hydroxyl groups excluding tert-OH is 1. The lowest BCUT2D eigenvalue weighted by atomic mass is 10.1. The summed E-state index contributed by atoms with van der Waals surface area (Å²) in [7, 11) is 0. The van der Waals surface area contributed by atoms with Gasteiger partial charge in [0.05, 0.1) is 0 Å². The van der Waals surface area contributed by atoms with E-state index in [4.69, 9.17) is 5.11 Å². The predicted molar refractivity (Wildman–Crippen MR) is 69.3 cm³/mol. The zero-order valence-corrected chi connectivity index (χ0v) is 10.4. The molecule has 1 aromatic rings. The van der Waals surface area contributed by atoms with Gasteiger partial charge in [-0.2, -0.15) is 11.3 Å². The zero-order valence-electron chi connectivity index (χ0n) is 9.56. The largest absolute Gasteiger partial charge is 0.396 e. The first-order valence-corrected chi connectivity index (χ1v) is 6.96. The number of anilines is 1. The number of piperidine rings is 1. The number of aliphatic hydroxyl groups is 1. The minimum Gasteiger partial charge on any atom is -0.396 e. The summed E-state index contributed by atoms with van der Waals surface area (Å²) in [5.74, 6) is 0. The number of hydrogen-bond acceptors (Lipinski definition) is 4. The van der Waals surface area contributed by atoms with Crippen LogP contribution in [0, 0.1) is 0 Å². The fourth-order valence-electron chi connectivity index (χ4n) is 2.20. The smallest absolute Gasteiger partial charge is 0.0475 e. The van der Waals surface area contributed by atoms with Crippen LogP contribution in [-0.2, 0) is 0 Å². The maximum absolute atomic E-state index is 8.75. The van der Waals surface area contributed by atoms with Gasteiger partial charge in [-0.3, -0.25) is 0 Å². The Morgan fingerprint density at radius 2 is 2.50 bits per heavy atom. The highest BCUT2D eigenvalue weighted by atomic mass is 32.1. The van der Waals surface area contributed by atoms with Gasteiger partial charge in [-0.05, 0) is 37.3 Å². The van der Waals surface area contributed by atoms with Crippen LogP contribution in [0.15, 0.2) is 16.8 Å². The van der Waals surface area contributed by atoms with Crippen molar-refractivity contribution in [3.05, 3.63) is 16.8 Å². The summed E-state index contributed by atoms with van der Waals surface area (Å²) in [5, 5.41) is 16.6. The van der Waals surface area contributed by atoms with Gasteiger partial charge in [0.2, 0.25) is 0 Å². The average molecular weight is 240 g/mol. The van der Waals surface area contributed by atoms with E-state index < -0.39 is 0 Å². The van der Waals surface area contributed by atoms with Crippen LogP contribution in [0.2, 0.25) is 0 Å². The van der Waals surface area contributed by atoms with Crippen LogP contribution >= 0.6 is 11.3 Å². The van der Waals surface area contributed by atoms with Crippen molar-refractivity contribution in [1.29, 1.82) is 0 Å². The summed E-state index contributed by atoms with van der Waals surface area (Å²) in [6, 6.07) is 2.78. The maximum Gasteiger partial charge on any atom is 0.0475 e. The summed E-state index contributed by atoms with van der Waals surface area (Å²) in [6.45, 7) is 3.49. The molecule has 1 aliphatic rings. The van der Waals surface area contributed by atoms with Gasteiger partial charge in [-0.25, -0.2) is 0 Å². The maximum atomic E-state index is 8.75. The molecule has 1 aromatic heterocycles. The molecule has 1 atom stereocenters. The molecule has 1 saturated heterocycles. The van der Waals surface area contributed by atoms with Gasteiger partial charge in [-0.15, -0.1) is 0 Å². The first kappa shape index (κ1) is 11.9. The summed E-state index contributed by atoms with van der Waals surface area (Å²) >= 11 is 1.76. The van der Waals surface area contributed by atoms with Gasteiger partial charge >= 0.3 is 0 Å². The summed E-state index contributed by atoms with van der Waals surface area (Å²) < 4.78 is 0. The summed E-state index contributed by atoms with van der Waals surface area (Å²) in [4.78, 5) is 2.45. The van der Waals surface area contributed by atoms with E-state index in [1.54, 1.807) is 11.3 Å². The van der Waals surface area contributed by atoms with E-state index in [2.05, 4.69) is 27.0 Å². The molecule has 0 bridgehead atoms. The molecule has 2 rings (SSSR count). The molecule has 0 spiro atoms. The first-order valence-electron chi connectivity index (χ1n) is 6.01. The molecule has 1 aliphatic heterocycles. The number of rotatable bonds is 5. The molecular formula is C12H20N2OS. The number of nitrogens with one attached hydrogen (secondary N) is 1. The van der Waals surface area contributed by atoms with Crippen LogP contribution in [-0.4, -0.2) is 37.4 Å². The van der Waals surface area contributed by atoms with Crippen LogP contribution in [0.5, 0.6) is 0 Å². The molecule has 1 unspecified atom stereocenters. The van der Waals surface area contributed by atoms with Crippen molar-refractivity contribution in [3.8, 4) is 0 Å². The van der Waals surface area contributed by atoms with Crippen LogP contribution < -0.4 is 10.2 Å². The Morgan fingerprint density at radius 1 is 1.56 bits per heavy atom. The van der Waals surface area contributed by atoms with Gasteiger partial charge in [0, 0.05) is 36.8 Å². The standard InChI is InChI=1S/C12H20N2OS/c15-7-2-5-13-11-3-1-6-14(9-11)12-4-8-16-10-12/h4,8,10-11,13,15H,1-3,5-7,9H2. The molecule has 3 nitrogen and oxygen atoms in total. The Labute approximate surface area is 101 Å². The second kappa shape index (κ2) is 6.23. The Hall–Kier alpha value is -0.580. The Kier molecular flexibility index (Phi) is 4.63. The zero-order chi connectivity index (χ0) is 11.2. The van der Waals surface area contributed by atoms with Gasteiger partial charge in [0.25, 0.3) is 0 Å². The van der Waals surface area contributed by atoms with E-state index in [-0.39, 0.29) is 6.61 Å². The molecule has 0 aromatic carbocycles. The third-order valence-electron chi connectivity index (χ3n) is 3.06. The highest BCUT2D eigenvalue weighted by Gasteiger charge is 2.19. The molecule has 2 heterocycles. The molecule has 2 N–H and O–H groups in total. The molecule has 0 aliphatic carbocycles. The lowest BCUT2D eigenvalue weighted by molar-refractivity contribution is 0.281. The van der Waals surface area contributed by atoms with Crippen molar-refractivity contribution < 1.29 is 5.11 Å². The lowest BCUT2D eigenvalue weighted by Crippen LogP contribution is -2.46. The molecule has 90 valence electrons. The van der Waals surface area contributed by atoms with Crippen LogP contribution in [0.1, 0.15) is 19.3 Å². The molecule has 1 fully saturated rings. The normalized spacial score (nSPS) is 21.3. The van der Waals surface area contributed by atoms with E-state index in [0.29, 0.717) is 6.04 Å². The van der Waals surface area contributed by atoms with Crippen LogP contribution in [0.4, 0.5) is 5.69 Å². The third-order valence-corrected chi connectivity index (χ3v) is 3.73. The van der Waals surface area contributed by atoms with Crippen molar-refractivity contribution in [2.75, 3.05) is 31.1 Å². The monoisotopic (exact) mass is 240 g/mol. The molecule has 0 radical (unpaired) electrons. The average Bonchev–Trinajstić information content (AvgIpc) is 2.83. The highest BCUT2D eigenvalue weighted by molar-refractivity contribution is 7.08. The van der Waals surface area contributed by atoms with Crippen molar-refractivity contribution in [3.63, 3.8) is 0 Å². The second-order valence-electron chi connectivity index (χ2n) is 4.30. The summed E-state index contributed by atoms with van der Waals surface area (Å²) in [5.41, 5.74) is 1.36. The number of nitrogens with zero attached hydrogens (tertiary/aromatic N) is 1. The Bertz CT molecular complexity index is 289. The van der Waals surface area contributed by atoms with E-state index >= 15 is 0 Å². The number of thiophene rings is 1. The highest BCUT2D eigenvalue weighted by Crippen LogP contribution is 2.22. The fourth-order valence-corrected chi connectivity index (χ4v) is 2.86. The van der Waals surface area contributed by atoms with E-state index in [0.717, 1.165) is 19.5 Å². The Morgan fingerprint density at radius 3 is 3.25 bits per heavy atom. The van der Waals surface area contributed by atoms with Crippen molar-refractivity contribution in [1.82, 2.24) is 5.32 Å². The third kappa shape index (κ3) is 3.20. The van der Waals surface area contributed by atoms with Gasteiger partial charge in [0.1, 0.15) is 0 Å². The molecule has 16 heavy (non-hydrogen) atoms. The van der Waals surface area contributed by atoms with Gasteiger partial charge in [0.15, 0.2) is 0 Å². The van der Waals surface area contributed by atoms with Crippen molar-refractivity contribution in [2.24, 2.45) is 0 Å². The van der Waals surface area contributed by atoms with E-state index in [9.17, 15) is 0 Å². The molecule has 0 saturated carbocycles. The second-order valence-corrected chi connectivity index (χ2v) is 5.08. The van der Waals surface area contributed by atoms with E-state index in [1.165, 1.54) is 25.1 Å².